The molecule has 3 aromatic rings. The zero-order valence-corrected chi connectivity index (χ0v) is 23.2. The first-order chi connectivity index (χ1) is 18.3. The molecule has 0 spiro atoms. The highest BCUT2D eigenvalue weighted by Gasteiger charge is 2.52. The molecule has 5 rings (SSSR count). The normalized spacial score (nSPS) is 24.4. The van der Waals surface area contributed by atoms with Crippen molar-refractivity contribution in [1.29, 1.82) is 0 Å². The number of hydrogen-bond acceptors (Lipinski definition) is 3. The maximum Gasteiger partial charge on any atom is 0.165 e. The maximum atomic E-state index is 11.2. The molecule has 1 N–H and O–H groups in total. The third-order valence-electron chi connectivity index (χ3n) is 9.36. The maximum absolute atomic E-state index is 11.2. The van der Waals surface area contributed by atoms with Gasteiger partial charge in [0.1, 0.15) is 19.0 Å². The van der Waals surface area contributed by atoms with Crippen molar-refractivity contribution in [1.82, 2.24) is 0 Å². The van der Waals surface area contributed by atoms with Gasteiger partial charge in [0, 0.05) is 6.07 Å². The highest BCUT2D eigenvalue weighted by atomic mass is 16.5. The molecule has 200 valence electrons. The summed E-state index contributed by atoms with van der Waals surface area (Å²) < 4.78 is 12.5. The molecule has 3 nitrogen and oxygen atoms in total. The van der Waals surface area contributed by atoms with Gasteiger partial charge in [-0.2, -0.15) is 0 Å². The average molecular weight is 511 g/mol. The zero-order valence-electron chi connectivity index (χ0n) is 23.2. The van der Waals surface area contributed by atoms with Crippen molar-refractivity contribution in [3.05, 3.63) is 102 Å². The fourth-order valence-electron chi connectivity index (χ4n) is 7.32. The second-order valence-corrected chi connectivity index (χ2v) is 12.3. The number of phenolic OH excluding ortho intramolecular Hbond substituents is 1. The quantitative estimate of drug-likeness (QED) is 0.308. The molecular formula is C35H42O3. The van der Waals surface area contributed by atoms with Crippen LogP contribution in [0.4, 0.5) is 0 Å². The molecule has 3 heteroatoms. The van der Waals surface area contributed by atoms with Crippen LogP contribution in [-0.2, 0) is 19.6 Å². The Morgan fingerprint density at radius 2 is 1.42 bits per heavy atom. The summed E-state index contributed by atoms with van der Waals surface area (Å²) in [6, 6.07) is 24.0. The van der Waals surface area contributed by atoms with E-state index in [1.807, 2.05) is 54.6 Å². The molecule has 38 heavy (non-hydrogen) atoms. The summed E-state index contributed by atoms with van der Waals surface area (Å²) in [4.78, 5) is 0. The summed E-state index contributed by atoms with van der Waals surface area (Å²) in [5.74, 6) is 2.52. The van der Waals surface area contributed by atoms with Crippen molar-refractivity contribution in [3.8, 4) is 17.2 Å². The van der Waals surface area contributed by atoms with E-state index in [0.717, 1.165) is 29.5 Å². The summed E-state index contributed by atoms with van der Waals surface area (Å²) in [6.07, 6.45) is 6.85. The van der Waals surface area contributed by atoms with Gasteiger partial charge in [-0.15, -0.1) is 0 Å². The predicted molar refractivity (Wildman–Crippen MR) is 154 cm³/mol. The minimum atomic E-state index is 0.192. The van der Waals surface area contributed by atoms with Crippen molar-refractivity contribution in [2.45, 2.75) is 72.5 Å². The molecule has 3 aromatic carbocycles. The van der Waals surface area contributed by atoms with Gasteiger partial charge >= 0.3 is 0 Å². The van der Waals surface area contributed by atoms with E-state index in [0.29, 0.717) is 42.0 Å². The number of benzene rings is 3. The van der Waals surface area contributed by atoms with Crippen LogP contribution in [0.2, 0.25) is 0 Å². The Labute approximate surface area is 228 Å². The molecular weight excluding hydrogens is 468 g/mol. The Morgan fingerprint density at radius 1 is 0.842 bits per heavy atom. The van der Waals surface area contributed by atoms with Gasteiger partial charge in [0.05, 0.1) is 0 Å². The molecule has 0 amide bonds. The fraction of sp³-hybridized carbons (Fsp3) is 0.429. The summed E-state index contributed by atoms with van der Waals surface area (Å²) in [5, 5.41) is 11.2. The number of hydrogen-bond donors (Lipinski definition) is 1. The lowest BCUT2D eigenvalue weighted by molar-refractivity contribution is -0.0518. The summed E-state index contributed by atoms with van der Waals surface area (Å²) in [7, 11) is 0. The van der Waals surface area contributed by atoms with Crippen LogP contribution in [0.5, 0.6) is 17.2 Å². The van der Waals surface area contributed by atoms with E-state index in [4.69, 9.17) is 9.47 Å². The molecule has 2 saturated carbocycles. The Hall–Kier alpha value is -3.20. The van der Waals surface area contributed by atoms with Gasteiger partial charge in [-0.25, -0.2) is 0 Å². The molecule has 0 heterocycles. The fourth-order valence-corrected chi connectivity index (χ4v) is 7.32. The van der Waals surface area contributed by atoms with Gasteiger partial charge in [0.25, 0.3) is 0 Å². The van der Waals surface area contributed by atoms with Gasteiger partial charge in [-0.05, 0) is 77.5 Å². The van der Waals surface area contributed by atoms with Gasteiger partial charge in [-0.1, -0.05) is 100 Å². The summed E-state index contributed by atoms with van der Waals surface area (Å²) in [5.41, 5.74) is 4.94. The third kappa shape index (κ3) is 5.48. The SMILES string of the molecule is C=C1CCC2C(C)(C)CCC[C@]2(C)[C@H]1Cc1cc(OCc2ccccc2)c(OCc2ccccc2)cc1O. The van der Waals surface area contributed by atoms with Crippen LogP contribution in [0.15, 0.2) is 84.9 Å². The molecule has 2 aliphatic carbocycles. The number of ether oxygens (including phenoxy) is 2. The summed E-state index contributed by atoms with van der Waals surface area (Å²) in [6.45, 7) is 12.8. The van der Waals surface area contributed by atoms with E-state index in [1.165, 1.54) is 31.3 Å². The minimum Gasteiger partial charge on any atom is -0.508 e. The molecule has 1 unspecified atom stereocenters. The van der Waals surface area contributed by atoms with Crippen LogP contribution in [0.25, 0.3) is 0 Å². The van der Waals surface area contributed by atoms with Crippen LogP contribution in [0.1, 0.15) is 69.6 Å². The lowest BCUT2D eigenvalue weighted by Gasteiger charge is -2.58. The average Bonchev–Trinajstić information content (AvgIpc) is 2.90. The van der Waals surface area contributed by atoms with Crippen LogP contribution >= 0.6 is 0 Å². The van der Waals surface area contributed by atoms with Crippen molar-refractivity contribution in [2.24, 2.45) is 22.7 Å². The van der Waals surface area contributed by atoms with Crippen molar-refractivity contribution < 1.29 is 14.6 Å². The Morgan fingerprint density at radius 3 is 2.03 bits per heavy atom. The third-order valence-corrected chi connectivity index (χ3v) is 9.36. The largest absolute Gasteiger partial charge is 0.508 e. The standard InChI is InChI=1S/C35H42O3/c1-25-16-17-33-34(2,3)18-11-19-35(33,4)29(25)20-28-21-31(37-23-26-12-7-5-8-13-26)32(22-30(28)36)38-24-27-14-9-6-10-15-27/h5-10,12-15,21-22,29,33,36H,1,11,16-20,23-24H2,2-4H3/t29-,33?,35+/m0/s1. The Balaban J connectivity index is 1.44. The first-order valence-electron chi connectivity index (χ1n) is 14.1. The van der Waals surface area contributed by atoms with Gasteiger partial charge in [-0.3, -0.25) is 0 Å². The second-order valence-electron chi connectivity index (χ2n) is 12.3. The first-order valence-corrected chi connectivity index (χ1v) is 14.1. The van der Waals surface area contributed by atoms with Crippen LogP contribution in [0, 0.1) is 22.7 Å². The van der Waals surface area contributed by atoms with E-state index in [1.54, 1.807) is 6.07 Å². The number of rotatable bonds is 8. The zero-order chi connectivity index (χ0) is 26.8. The smallest absolute Gasteiger partial charge is 0.165 e. The number of allylic oxidation sites excluding steroid dienone is 1. The van der Waals surface area contributed by atoms with E-state index in [-0.39, 0.29) is 11.2 Å². The number of phenols is 1. The van der Waals surface area contributed by atoms with Crippen molar-refractivity contribution in [3.63, 3.8) is 0 Å². The molecule has 0 aromatic heterocycles. The van der Waals surface area contributed by atoms with E-state index < -0.39 is 0 Å². The topological polar surface area (TPSA) is 38.7 Å². The lowest BCUT2D eigenvalue weighted by atomic mass is 9.47. The molecule has 0 saturated heterocycles. The van der Waals surface area contributed by atoms with Crippen molar-refractivity contribution in [2.75, 3.05) is 0 Å². The van der Waals surface area contributed by atoms with Crippen LogP contribution in [-0.4, -0.2) is 5.11 Å². The van der Waals surface area contributed by atoms with E-state index in [9.17, 15) is 5.11 Å². The van der Waals surface area contributed by atoms with Crippen LogP contribution in [0.3, 0.4) is 0 Å². The molecule has 3 atom stereocenters. The molecule has 0 radical (unpaired) electrons. The minimum absolute atomic E-state index is 0.192. The summed E-state index contributed by atoms with van der Waals surface area (Å²) >= 11 is 0. The van der Waals surface area contributed by atoms with E-state index >= 15 is 0 Å². The van der Waals surface area contributed by atoms with Crippen LogP contribution < -0.4 is 9.47 Å². The molecule has 0 bridgehead atoms. The Kier molecular flexibility index (Phi) is 7.56. The second kappa shape index (κ2) is 10.9. The number of fused-ring (bicyclic) bond motifs is 1. The predicted octanol–water partition coefficient (Wildman–Crippen LogP) is 8.89. The highest BCUT2D eigenvalue weighted by Crippen LogP contribution is 2.61. The molecule has 2 fully saturated rings. The first kappa shape index (κ1) is 26.4. The monoisotopic (exact) mass is 510 g/mol. The molecule has 0 aliphatic heterocycles. The van der Waals surface area contributed by atoms with E-state index in [2.05, 4.69) is 39.5 Å². The van der Waals surface area contributed by atoms with Crippen molar-refractivity contribution >= 4 is 0 Å². The highest BCUT2D eigenvalue weighted by molar-refractivity contribution is 5.51. The van der Waals surface area contributed by atoms with Gasteiger partial charge in [0.2, 0.25) is 0 Å². The molecule has 2 aliphatic rings. The Bertz CT molecular complexity index is 1250. The van der Waals surface area contributed by atoms with Gasteiger partial charge < -0.3 is 14.6 Å². The number of aromatic hydroxyl groups is 1. The lowest BCUT2D eigenvalue weighted by Crippen LogP contribution is -2.50. The van der Waals surface area contributed by atoms with Gasteiger partial charge in [0.15, 0.2) is 11.5 Å².